The van der Waals surface area contributed by atoms with E-state index < -0.39 is 15.9 Å². The van der Waals surface area contributed by atoms with Crippen molar-refractivity contribution in [2.75, 3.05) is 10.0 Å². The fourth-order valence-corrected chi connectivity index (χ4v) is 3.60. The van der Waals surface area contributed by atoms with Gasteiger partial charge in [0, 0.05) is 16.3 Å². The predicted molar refractivity (Wildman–Crippen MR) is 96.6 cm³/mol. The van der Waals surface area contributed by atoms with Gasteiger partial charge in [-0.15, -0.1) is 10.2 Å². The third-order valence-corrected chi connectivity index (χ3v) is 5.32. The van der Waals surface area contributed by atoms with Gasteiger partial charge < -0.3 is 0 Å². The summed E-state index contributed by atoms with van der Waals surface area (Å²) >= 11 is 6.95. The second-order valence-corrected chi connectivity index (χ2v) is 7.79. The average molecular weight is 395 g/mol. The van der Waals surface area contributed by atoms with Gasteiger partial charge in [0.05, 0.1) is 4.90 Å². The molecule has 25 heavy (non-hydrogen) atoms. The van der Waals surface area contributed by atoms with Crippen LogP contribution in [0, 0.1) is 0 Å². The lowest BCUT2D eigenvalue weighted by atomic mass is 10.2. The van der Waals surface area contributed by atoms with E-state index in [0.29, 0.717) is 15.8 Å². The number of hydrogen-bond donors (Lipinski definition) is 2. The molecule has 2 aromatic carbocycles. The monoisotopic (exact) mass is 394 g/mol. The molecule has 1 heterocycles. The molecule has 0 aliphatic rings. The first-order valence-electron chi connectivity index (χ1n) is 6.90. The number of sulfonamides is 1. The van der Waals surface area contributed by atoms with Crippen LogP contribution >= 0.6 is 22.9 Å². The lowest BCUT2D eigenvalue weighted by molar-refractivity contribution is 0.102. The van der Waals surface area contributed by atoms with Gasteiger partial charge in [0.25, 0.3) is 15.9 Å². The van der Waals surface area contributed by atoms with Crippen LogP contribution in [0.3, 0.4) is 0 Å². The van der Waals surface area contributed by atoms with Crippen molar-refractivity contribution in [2.45, 2.75) is 4.90 Å². The number of anilines is 2. The maximum Gasteiger partial charge on any atom is 0.261 e. The Labute approximate surface area is 152 Å². The Morgan fingerprint density at radius 1 is 1.12 bits per heavy atom. The van der Waals surface area contributed by atoms with Gasteiger partial charge in [-0.2, -0.15) is 0 Å². The number of nitrogens with zero attached hydrogens (tertiary/aromatic N) is 2. The van der Waals surface area contributed by atoms with E-state index in [4.69, 9.17) is 11.6 Å². The van der Waals surface area contributed by atoms with Gasteiger partial charge in [-0.1, -0.05) is 29.0 Å². The quantitative estimate of drug-likeness (QED) is 0.691. The topological polar surface area (TPSA) is 101 Å². The number of amides is 1. The number of benzene rings is 2. The normalized spacial score (nSPS) is 11.1. The third kappa shape index (κ3) is 4.32. The van der Waals surface area contributed by atoms with Crippen molar-refractivity contribution in [1.29, 1.82) is 0 Å². The van der Waals surface area contributed by atoms with E-state index in [1.807, 2.05) is 0 Å². The van der Waals surface area contributed by atoms with Gasteiger partial charge in [0.15, 0.2) is 0 Å². The highest BCUT2D eigenvalue weighted by atomic mass is 35.5. The Bertz CT molecular complexity index is 990. The smallest absolute Gasteiger partial charge is 0.261 e. The van der Waals surface area contributed by atoms with Crippen LogP contribution in [0.1, 0.15) is 10.4 Å². The van der Waals surface area contributed by atoms with Crippen molar-refractivity contribution in [3.05, 3.63) is 64.6 Å². The summed E-state index contributed by atoms with van der Waals surface area (Å²) in [6.45, 7) is 0. The Kier molecular flexibility index (Phi) is 4.98. The molecule has 0 fully saturated rings. The number of hydrogen-bond acceptors (Lipinski definition) is 6. The maximum absolute atomic E-state index is 12.5. The number of halogens is 1. The van der Waals surface area contributed by atoms with Crippen LogP contribution in [0.4, 0.5) is 10.8 Å². The summed E-state index contributed by atoms with van der Waals surface area (Å²) in [7, 11) is -3.84. The summed E-state index contributed by atoms with van der Waals surface area (Å²) in [6, 6.07) is 11.9. The first-order valence-corrected chi connectivity index (χ1v) is 9.64. The van der Waals surface area contributed by atoms with Crippen molar-refractivity contribution >= 4 is 49.7 Å². The highest BCUT2D eigenvalue weighted by Gasteiger charge is 2.17. The molecule has 0 aliphatic heterocycles. The van der Waals surface area contributed by atoms with Gasteiger partial charge in [-0.3, -0.25) is 14.8 Å². The summed E-state index contributed by atoms with van der Waals surface area (Å²) in [5, 5.41) is 10.7. The molecule has 0 atom stereocenters. The summed E-state index contributed by atoms with van der Waals surface area (Å²) < 4.78 is 27.4. The molecule has 0 unspecified atom stereocenters. The highest BCUT2D eigenvalue weighted by molar-refractivity contribution is 7.92. The van der Waals surface area contributed by atoms with Crippen LogP contribution in [0.15, 0.2) is 58.9 Å². The van der Waals surface area contributed by atoms with Crippen LogP contribution in [-0.2, 0) is 10.0 Å². The second kappa shape index (κ2) is 7.18. The second-order valence-electron chi connectivity index (χ2n) is 4.84. The molecule has 0 saturated heterocycles. The molecule has 0 spiro atoms. The third-order valence-electron chi connectivity index (χ3n) is 3.08. The summed E-state index contributed by atoms with van der Waals surface area (Å²) in [6.07, 6.45) is 0. The number of carbonyl (C=O) groups is 1. The molecule has 3 aromatic rings. The minimum atomic E-state index is -3.84. The highest BCUT2D eigenvalue weighted by Crippen LogP contribution is 2.20. The molecule has 128 valence electrons. The number of rotatable bonds is 5. The van der Waals surface area contributed by atoms with Gasteiger partial charge in [0.2, 0.25) is 5.13 Å². The Hall–Kier alpha value is -2.49. The zero-order valence-electron chi connectivity index (χ0n) is 12.5. The van der Waals surface area contributed by atoms with E-state index in [0.717, 1.165) is 11.3 Å². The number of carbonyl (C=O) groups excluding carboxylic acids is 1. The summed E-state index contributed by atoms with van der Waals surface area (Å²) in [4.78, 5) is 12.2. The Balaban J connectivity index is 1.82. The molecule has 0 aliphatic carbocycles. The standard InChI is InChI=1S/C15H11ClN4O3S2/c16-11-4-6-12(7-5-11)20-25(22,23)13-3-1-2-10(8-13)14(21)18-15-19-17-9-24-15/h1-9,20H,(H,18,19,21). The van der Waals surface area contributed by atoms with E-state index in [1.165, 1.54) is 29.8 Å². The van der Waals surface area contributed by atoms with E-state index >= 15 is 0 Å². The molecular formula is C15H11ClN4O3S2. The van der Waals surface area contributed by atoms with Crippen molar-refractivity contribution in [2.24, 2.45) is 0 Å². The molecule has 1 aromatic heterocycles. The van der Waals surface area contributed by atoms with Gasteiger partial charge in [-0.05, 0) is 42.5 Å². The van der Waals surface area contributed by atoms with Gasteiger partial charge in [0.1, 0.15) is 5.51 Å². The zero-order chi connectivity index (χ0) is 17.9. The minimum Gasteiger partial charge on any atom is -0.296 e. The molecule has 3 rings (SSSR count). The molecule has 7 nitrogen and oxygen atoms in total. The fourth-order valence-electron chi connectivity index (χ4n) is 1.93. The van der Waals surface area contributed by atoms with Crippen LogP contribution < -0.4 is 10.0 Å². The lowest BCUT2D eigenvalue weighted by Crippen LogP contribution is -2.16. The number of aromatic nitrogens is 2. The average Bonchev–Trinajstić information content (AvgIpc) is 3.10. The van der Waals surface area contributed by atoms with Gasteiger partial charge in [-0.25, -0.2) is 8.42 Å². The molecule has 10 heteroatoms. The molecule has 0 bridgehead atoms. The maximum atomic E-state index is 12.5. The van der Waals surface area contributed by atoms with E-state index in [1.54, 1.807) is 24.3 Å². The van der Waals surface area contributed by atoms with Crippen molar-refractivity contribution in [3.8, 4) is 0 Å². The molecule has 1 amide bonds. The SMILES string of the molecule is O=C(Nc1nncs1)c1cccc(S(=O)(=O)Nc2ccc(Cl)cc2)c1. The first-order chi connectivity index (χ1) is 11.9. The molecular weight excluding hydrogens is 384 g/mol. The summed E-state index contributed by atoms with van der Waals surface area (Å²) in [5.74, 6) is -0.472. The minimum absolute atomic E-state index is 0.0348. The molecule has 0 saturated carbocycles. The molecule has 0 radical (unpaired) electrons. The van der Waals surface area contributed by atoms with Crippen LogP contribution in [0.5, 0.6) is 0 Å². The van der Waals surface area contributed by atoms with Crippen LogP contribution in [-0.4, -0.2) is 24.5 Å². The van der Waals surface area contributed by atoms with E-state index in [9.17, 15) is 13.2 Å². The Morgan fingerprint density at radius 2 is 1.88 bits per heavy atom. The van der Waals surface area contributed by atoms with Gasteiger partial charge >= 0.3 is 0 Å². The Morgan fingerprint density at radius 3 is 2.56 bits per heavy atom. The van der Waals surface area contributed by atoms with E-state index in [-0.39, 0.29) is 10.5 Å². The predicted octanol–water partition coefficient (Wildman–Crippen LogP) is 3.24. The summed E-state index contributed by atoms with van der Waals surface area (Å²) in [5.41, 5.74) is 2.04. The van der Waals surface area contributed by atoms with Crippen LogP contribution in [0.2, 0.25) is 5.02 Å². The van der Waals surface area contributed by atoms with Crippen molar-refractivity contribution in [3.63, 3.8) is 0 Å². The zero-order valence-corrected chi connectivity index (χ0v) is 14.9. The van der Waals surface area contributed by atoms with Crippen molar-refractivity contribution in [1.82, 2.24) is 10.2 Å². The largest absolute Gasteiger partial charge is 0.296 e. The van der Waals surface area contributed by atoms with Crippen molar-refractivity contribution < 1.29 is 13.2 Å². The van der Waals surface area contributed by atoms with Crippen LogP contribution in [0.25, 0.3) is 0 Å². The van der Waals surface area contributed by atoms with E-state index in [2.05, 4.69) is 20.2 Å². The fraction of sp³-hybridized carbons (Fsp3) is 0. The number of nitrogens with one attached hydrogen (secondary N) is 2. The molecule has 2 N–H and O–H groups in total. The first kappa shape index (κ1) is 17.3. The lowest BCUT2D eigenvalue weighted by Gasteiger charge is -2.09.